The number of aryl methyl sites for hydroxylation is 1. The van der Waals surface area contributed by atoms with Crippen LogP contribution in [0.3, 0.4) is 0 Å². The zero-order chi connectivity index (χ0) is 20.5. The fourth-order valence-electron chi connectivity index (χ4n) is 3.02. The van der Waals surface area contributed by atoms with Crippen molar-refractivity contribution in [2.75, 3.05) is 7.05 Å². The number of carbonyl (C=O) groups is 2. The Kier molecular flexibility index (Phi) is 6.09. The number of hydrogen-bond donors (Lipinski definition) is 3. The lowest BCUT2D eigenvalue weighted by atomic mass is 9.90. The molecule has 1 aliphatic carbocycles. The van der Waals surface area contributed by atoms with Crippen molar-refractivity contribution < 1.29 is 18.0 Å². The van der Waals surface area contributed by atoms with E-state index in [-0.39, 0.29) is 15.5 Å². The summed E-state index contributed by atoms with van der Waals surface area (Å²) in [5.74, 6) is -0.530. The number of carbonyl (C=O) groups excluding carboxylic acids is 2. The van der Waals surface area contributed by atoms with Gasteiger partial charge >= 0.3 is 0 Å². The Labute approximate surface area is 172 Å². The zero-order valence-corrected chi connectivity index (χ0v) is 17.7. The summed E-state index contributed by atoms with van der Waals surface area (Å²) in [4.78, 5) is 26.4. The molecule has 0 saturated carbocycles. The standard InChI is InChI=1S/C18H20ClN3O4S2/c1-10-3-6-15-11(7-10)8-16(27-15)18(24)22-21-17(23)13-9-12(4-5-14(13)19)28(25,26)20-2/h4-5,8-10,20H,3,6-7H2,1-2H3,(H,21,23)(H,22,24). The number of halogens is 1. The molecule has 10 heteroatoms. The van der Waals surface area contributed by atoms with E-state index in [1.165, 1.54) is 41.0 Å². The van der Waals surface area contributed by atoms with Gasteiger partial charge in [0.25, 0.3) is 11.8 Å². The Balaban J connectivity index is 1.71. The molecular formula is C18H20ClN3O4S2. The van der Waals surface area contributed by atoms with Gasteiger partial charge in [0.15, 0.2) is 0 Å². The molecule has 1 heterocycles. The molecule has 1 aromatic heterocycles. The molecule has 2 amide bonds. The van der Waals surface area contributed by atoms with Crippen LogP contribution in [0.2, 0.25) is 5.02 Å². The van der Waals surface area contributed by atoms with Crippen LogP contribution in [0.25, 0.3) is 0 Å². The van der Waals surface area contributed by atoms with Crippen LogP contribution >= 0.6 is 22.9 Å². The quantitative estimate of drug-likeness (QED) is 0.634. The largest absolute Gasteiger partial charge is 0.279 e. The van der Waals surface area contributed by atoms with E-state index in [2.05, 4.69) is 22.5 Å². The molecule has 0 spiro atoms. The van der Waals surface area contributed by atoms with Gasteiger partial charge < -0.3 is 0 Å². The molecule has 1 unspecified atom stereocenters. The van der Waals surface area contributed by atoms with Crippen LogP contribution < -0.4 is 15.6 Å². The minimum absolute atomic E-state index is 0.0578. The number of thiophene rings is 1. The number of amides is 2. The van der Waals surface area contributed by atoms with Gasteiger partial charge in [-0.25, -0.2) is 13.1 Å². The molecule has 0 aliphatic heterocycles. The zero-order valence-electron chi connectivity index (χ0n) is 15.3. The maximum absolute atomic E-state index is 12.4. The van der Waals surface area contributed by atoms with Crippen molar-refractivity contribution in [2.45, 2.75) is 31.1 Å². The van der Waals surface area contributed by atoms with Gasteiger partial charge in [0.2, 0.25) is 10.0 Å². The van der Waals surface area contributed by atoms with Crippen LogP contribution in [-0.2, 0) is 22.9 Å². The van der Waals surface area contributed by atoms with Crippen LogP contribution in [0.1, 0.15) is 43.8 Å². The predicted octanol–water partition coefficient (Wildman–Crippen LogP) is 2.51. The Morgan fingerprint density at radius 3 is 2.61 bits per heavy atom. The fourth-order valence-corrected chi connectivity index (χ4v) is 5.09. The topological polar surface area (TPSA) is 104 Å². The highest BCUT2D eigenvalue weighted by molar-refractivity contribution is 7.89. The second kappa shape index (κ2) is 8.20. The van der Waals surface area contributed by atoms with E-state index < -0.39 is 21.8 Å². The molecule has 150 valence electrons. The second-order valence-corrected chi connectivity index (χ2v) is 10.1. The summed E-state index contributed by atoms with van der Waals surface area (Å²) in [7, 11) is -2.46. The van der Waals surface area contributed by atoms with E-state index in [1.54, 1.807) is 0 Å². The lowest BCUT2D eigenvalue weighted by Crippen LogP contribution is -2.41. The summed E-state index contributed by atoms with van der Waals surface area (Å²) in [5, 5.41) is 0.0716. The third-order valence-electron chi connectivity index (χ3n) is 4.60. The third kappa shape index (κ3) is 4.38. The van der Waals surface area contributed by atoms with Gasteiger partial charge in [-0.2, -0.15) is 0 Å². The van der Waals surface area contributed by atoms with Crippen molar-refractivity contribution in [1.82, 2.24) is 15.6 Å². The van der Waals surface area contributed by atoms with Gasteiger partial charge in [-0.3, -0.25) is 20.4 Å². The van der Waals surface area contributed by atoms with Crippen LogP contribution in [0.5, 0.6) is 0 Å². The highest BCUT2D eigenvalue weighted by atomic mass is 35.5. The summed E-state index contributed by atoms with van der Waals surface area (Å²) < 4.78 is 26.0. The molecular weight excluding hydrogens is 422 g/mol. The summed E-state index contributed by atoms with van der Waals surface area (Å²) in [6.45, 7) is 2.19. The highest BCUT2D eigenvalue weighted by Gasteiger charge is 2.22. The number of hydrogen-bond acceptors (Lipinski definition) is 5. The van der Waals surface area contributed by atoms with E-state index in [4.69, 9.17) is 11.6 Å². The molecule has 1 atom stereocenters. The van der Waals surface area contributed by atoms with Gasteiger partial charge in [0, 0.05) is 4.88 Å². The molecule has 7 nitrogen and oxygen atoms in total. The summed E-state index contributed by atoms with van der Waals surface area (Å²) >= 11 is 7.44. The average molecular weight is 442 g/mol. The van der Waals surface area contributed by atoms with Crippen LogP contribution in [-0.4, -0.2) is 27.3 Å². The van der Waals surface area contributed by atoms with Crippen LogP contribution in [0, 0.1) is 5.92 Å². The first kappa shape index (κ1) is 20.8. The smallest absolute Gasteiger partial charge is 0.267 e. The first-order chi connectivity index (χ1) is 13.2. The van der Waals surface area contributed by atoms with Crippen molar-refractivity contribution in [2.24, 2.45) is 5.92 Å². The Hall–Kier alpha value is -1.94. The molecule has 2 aromatic rings. The lowest BCUT2D eigenvalue weighted by molar-refractivity contribution is 0.0849. The molecule has 0 radical (unpaired) electrons. The Morgan fingerprint density at radius 2 is 1.89 bits per heavy atom. The Morgan fingerprint density at radius 1 is 1.18 bits per heavy atom. The maximum Gasteiger partial charge on any atom is 0.279 e. The third-order valence-corrected chi connectivity index (χ3v) is 7.58. The van der Waals surface area contributed by atoms with E-state index in [1.807, 2.05) is 6.07 Å². The van der Waals surface area contributed by atoms with Crippen molar-refractivity contribution >= 4 is 44.8 Å². The van der Waals surface area contributed by atoms with Gasteiger partial charge in [-0.05, 0) is 62.1 Å². The molecule has 3 rings (SSSR count). The van der Waals surface area contributed by atoms with Crippen molar-refractivity contribution in [3.63, 3.8) is 0 Å². The minimum atomic E-state index is -3.73. The first-order valence-corrected chi connectivity index (χ1v) is 11.3. The number of nitrogens with one attached hydrogen (secondary N) is 3. The van der Waals surface area contributed by atoms with E-state index in [0.717, 1.165) is 25.3 Å². The first-order valence-electron chi connectivity index (χ1n) is 8.66. The number of benzene rings is 1. The van der Waals surface area contributed by atoms with Gasteiger partial charge in [0.1, 0.15) is 0 Å². The molecule has 1 aromatic carbocycles. The van der Waals surface area contributed by atoms with E-state index >= 15 is 0 Å². The highest BCUT2D eigenvalue weighted by Crippen LogP contribution is 2.32. The second-order valence-electron chi connectivity index (χ2n) is 6.66. The molecule has 3 N–H and O–H groups in total. The predicted molar refractivity (Wildman–Crippen MR) is 108 cm³/mol. The molecule has 0 fully saturated rings. The summed E-state index contributed by atoms with van der Waals surface area (Å²) in [5.41, 5.74) is 5.79. The number of fused-ring (bicyclic) bond motifs is 1. The van der Waals surface area contributed by atoms with Gasteiger partial charge in [-0.15, -0.1) is 11.3 Å². The van der Waals surface area contributed by atoms with E-state index in [0.29, 0.717) is 10.8 Å². The van der Waals surface area contributed by atoms with Crippen LogP contribution in [0.15, 0.2) is 29.2 Å². The summed E-state index contributed by atoms with van der Waals surface area (Å²) in [6.07, 6.45) is 3.02. The number of rotatable bonds is 4. The summed E-state index contributed by atoms with van der Waals surface area (Å²) in [6, 6.07) is 5.63. The molecule has 0 bridgehead atoms. The van der Waals surface area contributed by atoms with Crippen molar-refractivity contribution in [3.8, 4) is 0 Å². The number of hydrazine groups is 1. The lowest BCUT2D eigenvalue weighted by Gasteiger charge is -2.16. The molecule has 1 aliphatic rings. The monoisotopic (exact) mass is 441 g/mol. The normalized spacial score (nSPS) is 16.3. The fraction of sp³-hybridized carbons (Fsp3) is 0.333. The van der Waals surface area contributed by atoms with Crippen molar-refractivity contribution in [3.05, 3.63) is 50.2 Å². The number of sulfonamides is 1. The van der Waals surface area contributed by atoms with E-state index in [9.17, 15) is 18.0 Å². The van der Waals surface area contributed by atoms with Gasteiger partial charge in [0.05, 0.1) is 20.4 Å². The Bertz CT molecular complexity index is 1030. The minimum Gasteiger partial charge on any atom is -0.267 e. The molecule has 28 heavy (non-hydrogen) atoms. The van der Waals surface area contributed by atoms with Gasteiger partial charge in [-0.1, -0.05) is 18.5 Å². The average Bonchev–Trinajstić information content (AvgIpc) is 3.09. The van der Waals surface area contributed by atoms with Crippen molar-refractivity contribution in [1.29, 1.82) is 0 Å². The molecule has 0 saturated heterocycles. The maximum atomic E-state index is 12.4. The SMILES string of the molecule is CNS(=O)(=O)c1ccc(Cl)c(C(=O)NNC(=O)c2cc3c(s2)CCC(C)C3)c1. The van der Waals surface area contributed by atoms with Crippen LogP contribution in [0.4, 0.5) is 0 Å².